The van der Waals surface area contributed by atoms with Gasteiger partial charge in [-0.05, 0) is 38.5 Å². The van der Waals surface area contributed by atoms with Gasteiger partial charge < -0.3 is 10.1 Å². The number of esters is 1. The van der Waals surface area contributed by atoms with Crippen LogP contribution in [0.4, 0.5) is 0 Å². The summed E-state index contributed by atoms with van der Waals surface area (Å²) in [6, 6.07) is 22.6. The van der Waals surface area contributed by atoms with E-state index in [0.717, 1.165) is 16.8 Å². The molecule has 2 aromatic carbocycles. The Balaban J connectivity index is 1.64. The molecule has 148 valence electrons. The summed E-state index contributed by atoms with van der Waals surface area (Å²) in [5.41, 5.74) is 3.64. The number of nitrogens with zero attached hydrogens (tertiary/aromatic N) is 1. The molecule has 0 fully saturated rings. The van der Waals surface area contributed by atoms with Crippen molar-refractivity contribution in [2.75, 3.05) is 0 Å². The molecule has 0 radical (unpaired) electrons. The van der Waals surface area contributed by atoms with Crippen molar-refractivity contribution in [1.29, 1.82) is 0 Å². The van der Waals surface area contributed by atoms with Crippen molar-refractivity contribution in [1.82, 2.24) is 10.3 Å². The predicted octanol–water partition coefficient (Wildman–Crippen LogP) is 4.48. The summed E-state index contributed by atoms with van der Waals surface area (Å²) >= 11 is 0. The average Bonchev–Trinajstić information content (AvgIpc) is 2.74. The maximum atomic E-state index is 12.5. The number of aryl methyl sites for hydroxylation is 1. The highest BCUT2D eigenvalue weighted by Crippen LogP contribution is 2.19. The molecular weight excluding hydrogens is 364 g/mol. The molecule has 0 aliphatic rings. The largest absolute Gasteiger partial charge is 0.449 e. The van der Waals surface area contributed by atoms with Gasteiger partial charge in [0.15, 0.2) is 6.10 Å². The molecule has 0 saturated carbocycles. The molecule has 2 atom stereocenters. The SMILES string of the molecule is Cc1nc(-c2ccccc2)ccc1C(=O)OC(C)C(=O)NC(C)c1ccccc1. The number of rotatable bonds is 6. The van der Waals surface area contributed by atoms with Gasteiger partial charge in [-0.15, -0.1) is 0 Å². The molecule has 1 aromatic heterocycles. The number of carbonyl (C=O) groups excluding carboxylic acids is 2. The number of pyridine rings is 1. The van der Waals surface area contributed by atoms with Crippen LogP contribution >= 0.6 is 0 Å². The van der Waals surface area contributed by atoms with Crippen molar-refractivity contribution in [2.24, 2.45) is 0 Å². The molecule has 1 heterocycles. The number of hydrogen-bond donors (Lipinski definition) is 1. The standard InChI is InChI=1S/C24H24N2O3/c1-16(19-10-6-4-7-11-19)26-23(27)18(3)29-24(28)21-14-15-22(25-17(21)2)20-12-8-5-9-13-20/h4-16,18H,1-3H3,(H,26,27). The molecular formula is C24H24N2O3. The monoisotopic (exact) mass is 388 g/mol. The summed E-state index contributed by atoms with van der Waals surface area (Å²) in [5.74, 6) is -0.911. The molecule has 29 heavy (non-hydrogen) atoms. The number of carbonyl (C=O) groups is 2. The van der Waals surface area contributed by atoms with E-state index in [-0.39, 0.29) is 11.9 Å². The van der Waals surface area contributed by atoms with Crippen LogP contribution in [0.1, 0.15) is 41.5 Å². The molecule has 3 aromatic rings. The summed E-state index contributed by atoms with van der Waals surface area (Å²) in [4.78, 5) is 29.5. The maximum absolute atomic E-state index is 12.5. The fourth-order valence-electron chi connectivity index (χ4n) is 2.98. The van der Waals surface area contributed by atoms with Crippen LogP contribution in [0.2, 0.25) is 0 Å². The molecule has 5 heteroatoms. The highest BCUT2D eigenvalue weighted by atomic mass is 16.5. The van der Waals surface area contributed by atoms with Gasteiger partial charge in [-0.3, -0.25) is 9.78 Å². The van der Waals surface area contributed by atoms with Gasteiger partial charge in [0.05, 0.1) is 23.0 Å². The van der Waals surface area contributed by atoms with Crippen LogP contribution in [0.5, 0.6) is 0 Å². The van der Waals surface area contributed by atoms with E-state index >= 15 is 0 Å². The Kier molecular flexibility index (Phi) is 6.39. The van der Waals surface area contributed by atoms with E-state index in [1.54, 1.807) is 26.0 Å². The van der Waals surface area contributed by atoms with E-state index in [0.29, 0.717) is 11.3 Å². The molecule has 0 spiro atoms. The molecule has 0 aliphatic heterocycles. The van der Waals surface area contributed by atoms with Gasteiger partial charge in [-0.1, -0.05) is 60.7 Å². The first-order chi connectivity index (χ1) is 14.0. The first-order valence-corrected chi connectivity index (χ1v) is 9.55. The molecule has 3 rings (SSSR count). The molecule has 2 unspecified atom stereocenters. The van der Waals surface area contributed by atoms with Gasteiger partial charge in [-0.25, -0.2) is 4.79 Å². The van der Waals surface area contributed by atoms with Crippen LogP contribution in [0, 0.1) is 6.92 Å². The Labute approximate surface area is 170 Å². The third-order valence-corrected chi connectivity index (χ3v) is 4.69. The number of nitrogens with one attached hydrogen (secondary N) is 1. The zero-order chi connectivity index (χ0) is 20.8. The van der Waals surface area contributed by atoms with Crippen LogP contribution in [-0.2, 0) is 9.53 Å². The van der Waals surface area contributed by atoms with Gasteiger partial charge >= 0.3 is 5.97 Å². The first-order valence-electron chi connectivity index (χ1n) is 9.55. The summed E-state index contributed by atoms with van der Waals surface area (Å²) < 4.78 is 5.37. The Hall–Kier alpha value is -3.47. The quantitative estimate of drug-likeness (QED) is 0.632. The topological polar surface area (TPSA) is 68.3 Å². The van der Waals surface area contributed by atoms with Crippen LogP contribution < -0.4 is 5.32 Å². The van der Waals surface area contributed by atoms with Gasteiger partial charge in [-0.2, -0.15) is 0 Å². The summed E-state index contributed by atoms with van der Waals surface area (Å²) in [6.45, 7) is 5.20. The van der Waals surface area contributed by atoms with Gasteiger partial charge in [0.25, 0.3) is 5.91 Å². The number of hydrogen-bond acceptors (Lipinski definition) is 4. The Bertz CT molecular complexity index is 988. The highest BCUT2D eigenvalue weighted by Gasteiger charge is 2.22. The number of benzene rings is 2. The van der Waals surface area contributed by atoms with Crippen LogP contribution in [0.25, 0.3) is 11.3 Å². The third kappa shape index (κ3) is 5.08. The van der Waals surface area contributed by atoms with Crippen molar-refractivity contribution in [2.45, 2.75) is 32.9 Å². The third-order valence-electron chi connectivity index (χ3n) is 4.69. The van der Waals surface area contributed by atoms with Crippen LogP contribution in [0.15, 0.2) is 72.8 Å². The Morgan fingerprint density at radius 1 is 0.897 bits per heavy atom. The molecule has 1 N–H and O–H groups in total. The van der Waals surface area contributed by atoms with Crippen molar-refractivity contribution in [3.8, 4) is 11.3 Å². The molecule has 5 nitrogen and oxygen atoms in total. The minimum absolute atomic E-state index is 0.182. The minimum atomic E-state index is -0.915. The van der Waals surface area contributed by atoms with Crippen molar-refractivity contribution in [3.05, 3.63) is 89.6 Å². The summed E-state index contributed by atoms with van der Waals surface area (Å²) in [6.07, 6.45) is -0.915. The Morgan fingerprint density at radius 2 is 1.52 bits per heavy atom. The summed E-state index contributed by atoms with van der Waals surface area (Å²) in [5, 5.41) is 2.87. The van der Waals surface area contributed by atoms with E-state index in [4.69, 9.17) is 4.74 Å². The highest BCUT2D eigenvalue weighted by molar-refractivity contribution is 5.93. The second kappa shape index (κ2) is 9.15. The zero-order valence-electron chi connectivity index (χ0n) is 16.8. The van der Waals surface area contributed by atoms with Crippen molar-refractivity contribution in [3.63, 3.8) is 0 Å². The van der Waals surface area contributed by atoms with Crippen molar-refractivity contribution < 1.29 is 14.3 Å². The lowest BCUT2D eigenvalue weighted by Gasteiger charge is -2.18. The Morgan fingerprint density at radius 3 is 2.14 bits per heavy atom. The first kappa shape index (κ1) is 20.3. The zero-order valence-corrected chi connectivity index (χ0v) is 16.8. The normalized spacial score (nSPS) is 12.7. The molecule has 0 bridgehead atoms. The van der Waals surface area contributed by atoms with E-state index in [1.165, 1.54) is 0 Å². The van der Waals surface area contributed by atoms with Crippen LogP contribution in [-0.4, -0.2) is 23.0 Å². The number of amides is 1. The lowest BCUT2D eigenvalue weighted by atomic mass is 10.1. The lowest BCUT2D eigenvalue weighted by molar-refractivity contribution is -0.129. The smallest absolute Gasteiger partial charge is 0.340 e. The predicted molar refractivity (Wildman–Crippen MR) is 112 cm³/mol. The van der Waals surface area contributed by atoms with Gasteiger partial charge in [0.2, 0.25) is 0 Å². The average molecular weight is 388 g/mol. The maximum Gasteiger partial charge on any atom is 0.340 e. The number of aromatic nitrogens is 1. The molecule has 1 amide bonds. The van der Waals surface area contributed by atoms with E-state index < -0.39 is 12.1 Å². The minimum Gasteiger partial charge on any atom is -0.449 e. The lowest BCUT2D eigenvalue weighted by Crippen LogP contribution is -2.37. The fraction of sp³-hybridized carbons (Fsp3) is 0.208. The number of ether oxygens (including phenoxy) is 1. The second-order valence-electron chi connectivity index (χ2n) is 6.88. The van der Waals surface area contributed by atoms with E-state index in [2.05, 4.69) is 10.3 Å². The van der Waals surface area contributed by atoms with Gasteiger partial charge in [0, 0.05) is 5.56 Å². The molecule has 0 saturated heterocycles. The van der Waals surface area contributed by atoms with E-state index in [9.17, 15) is 9.59 Å². The van der Waals surface area contributed by atoms with Crippen LogP contribution in [0.3, 0.4) is 0 Å². The van der Waals surface area contributed by atoms with E-state index in [1.807, 2.05) is 67.6 Å². The van der Waals surface area contributed by atoms with Gasteiger partial charge in [0.1, 0.15) is 0 Å². The second-order valence-corrected chi connectivity index (χ2v) is 6.88. The molecule has 0 aliphatic carbocycles. The van der Waals surface area contributed by atoms with Crippen molar-refractivity contribution >= 4 is 11.9 Å². The summed E-state index contributed by atoms with van der Waals surface area (Å²) in [7, 11) is 0. The fourth-order valence-corrected chi connectivity index (χ4v) is 2.98.